The highest BCUT2D eigenvalue weighted by molar-refractivity contribution is 5.02. The van der Waals surface area contributed by atoms with Crippen LogP contribution in [0.25, 0.3) is 0 Å². The van der Waals surface area contributed by atoms with Gasteiger partial charge in [0.2, 0.25) is 0 Å². The normalized spacial score (nSPS) is 17.7. The molecule has 1 heterocycles. The second-order valence-electron chi connectivity index (χ2n) is 5.67. The van der Waals surface area contributed by atoms with Crippen LogP contribution in [0, 0.1) is 0 Å². The van der Waals surface area contributed by atoms with Crippen LogP contribution in [0.4, 0.5) is 8.78 Å². The smallest absolute Gasteiger partial charge is 0.261 e. The maximum Gasteiger partial charge on any atom is 0.261 e. The Morgan fingerprint density at radius 3 is 2.86 bits per heavy atom. The van der Waals surface area contributed by atoms with Crippen molar-refractivity contribution < 1.29 is 13.5 Å². The van der Waals surface area contributed by atoms with Crippen LogP contribution in [0.15, 0.2) is 12.3 Å². The molecule has 120 valence electrons. The van der Waals surface area contributed by atoms with E-state index >= 15 is 0 Å². The number of likely N-dealkylation sites (N-methyl/N-ethyl adjacent to an activating group) is 1. The second-order valence-corrected chi connectivity index (χ2v) is 5.67. The number of nitrogens with one attached hydrogen (secondary N) is 1. The highest BCUT2D eigenvalue weighted by atomic mass is 19.3. The number of alkyl halides is 2. The van der Waals surface area contributed by atoms with E-state index in [1.165, 1.54) is 25.7 Å². The lowest BCUT2D eigenvalue weighted by Gasteiger charge is -2.15. The highest BCUT2D eigenvalue weighted by Crippen LogP contribution is 2.28. The molecule has 0 aliphatic heterocycles. The van der Waals surface area contributed by atoms with Gasteiger partial charge in [-0.05, 0) is 32.4 Å². The van der Waals surface area contributed by atoms with Gasteiger partial charge in [0.1, 0.15) is 6.61 Å². The van der Waals surface area contributed by atoms with E-state index in [0.29, 0.717) is 19.1 Å². The molecule has 0 radical (unpaired) electrons. The van der Waals surface area contributed by atoms with E-state index in [-0.39, 0.29) is 6.04 Å². The van der Waals surface area contributed by atoms with Crippen molar-refractivity contribution >= 4 is 0 Å². The summed E-state index contributed by atoms with van der Waals surface area (Å²) in [6, 6.07) is 2.82. The molecule has 1 atom stereocenters. The Morgan fingerprint density at radius 1 is 1.43 bits per heavy atom. The number of halogens is 2. The maximum absolute atomic E-state index is 12.0. The van der Waals surface area contributed by atoms with Gasteiger partial charge in [0.25, 0.3) is 6.43 Å². The molecule has 21 heavy (non-hydrogen) atoms. The fourth-order valence-electron chi connectivity index (χ4n) is 2.86. The molecule has 1 N–H and O–H groups in total. The molecule has 0 bridgehead atoms. The number of aromatic nitrogens is 2. The minimum Gasteiger partial charge on any atom is -0.375 e. The maximum atomic E-state index is 12.0. The van der Waals surface area contributed by atoms with Crippen molar-refractivity contribution in [1.29, 1.82) is 0 Å². The fourth-order valence-corrected chi connectivity index (χ4v) is 2.86. The first-order valence-electron chi connectivity index (χ1n) is 7.76. The predicted octanol–water partition coefficient (Wildman–Crippen LogP) is 2.80. The number of nitrogens with zero attached hydrogens (tertiary/aromatic N) is 2. The van der Waals surface area contributed by atoms with Crippen molar-refractivity contribution in [1.82, 2.24) is 15.1 Å². The average molecular weight is 301 g/mol. The van der Waals surface area contributed by atoms with Crippen molar-refractivity contribution in [3.05, 3.63) is 18.0 Å². The van der Waals surface area contributed by atoms with Gasteiger partial charge in [0.05, 0.1) is 11.7 Å². The lowest BCUT2D eigenvalue weighted by molar-refractivity contribution is 0.0146. The molecule has 0 amide bonds. The third-order valence-corrected chi connectivity index (χ3v) is 4.08. The molecular weight excluding hydrogens is 276 g/mol. The number of hydrogen-bond acceptors (Lipinski definition) is 3. The van der Waals surface area contributed by atoms with Crippen molar-refractivity contribution in [2.75, 3.05) is 20.3 Å². The largest absolute Gasteiger partial charge is 0.375 e. The van der Waals surface area contributed by atoms with E-state index in [4.69, 9.17) is 4.74 Å². The molecule has 1 saturated carbocycles. The SMILES string of the molecule is CNC(CCOCC(F)F)Cc1ccn(C2CCCC2)n1. The number of rotatable bonds is 9. The first kappa shape index (κ1) is 16.4. The van der Waals surface area contributed by atoms with E-state index in [9.17, 15) is 8.78 Å². The lowest BCUT2D eigenvalue weighted by atomic mass is 10.1. The van der Waals surface area contributed by atoms with Gasteiger partial charge < -0.3 is 10.1 Å². The topological polar surface area (TPSA) is 39.1 Å². The van der Waals surface area contributed by atoms with Gasteiger partial charge >= 0.3 is 0 Å². The van der Waals surface area contributed by atoms with Crippen LogP contribution >= 0.6 is 0 Å². The molecular formula is C15H25F2N3O. The third-order valence-electron chi connectivity index (χ3n) is 4.08. The third kappa shape index (κ3) is 5.36. The average Bonchev–Trinajstić information content (AvgIpc) is 3.12. The van der Waals surface area contributed by atoms with E-state index in [2.05, 4.69) is 27.4 Å². The molecule has 1 aromatic rings. The molecule has 1 aromatic heterocycles. The van der Waals surface area contributed by atoms with Gasteiger partial charge in [-0.3, -0.25) is 4.68 Å². The summed E-state index contributed by atoms with van der Waals surface area (Å²) >= 11 is 0. The Morgan fingerprint density at radius 2 is 2.19 bits per heavy atom. The van der Waals surface area contributed by atoms with E-state index in [1.807, 2.05) is 7.05 Å². The van der Waals surface area contributed by atoms with E-state index in [1.54, 1.807) is 0 Å². The molecule has 0 spiro atoms. The van der Waals surface area contributed by atoms with Crippen molar-refractivity contribution in [2.45, 2.75) is 57.0 Å². The molecule has 0 saturated heterocycles. The van der Waals surface area contributed by atoms with Gasteiger partial charge in [0, 0.05) is 25.3 Å². The van der Waals surface area contributed by atoms with Gasteiger partial charge in [-0.15, -0.1) is 0 Å². The molecule has 1 fully saturated rings. The summed E-state index contributed by atoms with van der Waals surface area (Å²) in [5.74, 6) is 0. The second kappa shape index (κ2) is 8.44. The van der Waals surface area contributed by atoms with Gasteiger partial charge in [-0.1, -0.05) is 12.8 Å². The van der Waals surface area contributed by atoms with Gasteiger partial charge in [-0.25, -0.2) is 8.78 Å². The zero-order valence-corrected chi connectivity index (χ0v) is 12.6. The molecule has 1 unspecified atom stereocenters. The first-order chi connectivity index (χ1) is 10.2. The van der Waals surface area contributed by atoms with Crippen LogP contribution < -0.4 is 5.32 Å². The molecule has 4 nitrogen and oxygen atoms in total. The van der Waals surface area contributed by atoms with Gasteiger partial charge in [-0.2, -0.15) is 5.10 Å². The van der Waals surface area contributed by atoms with Crippen LogP contribution in [0.5, 0.6) is 0 Å². The predicted molar refractivity (Wildman–Crippen MR) is 77.7 cm³/mol. The molecule has 2 rings (SSSR count). The number of ether oxygens (including phenoxy) is 1. The summed E-state index contributed by atoms with van der Waals surface area (Å²) in [6.07, 6.45) is 6.20. The first-order valence-corrected chi connectivity index (χ1v) is 7.76. The summed E-state index contributed by atoms with van der Waals surface area (Å²) in [7, 11) is 1.88. The van der Waals surface area contributed by atoms with E-state index in [0.717, 1.165) is 12.1 Å². The minimum absolute atomic E-state index is 0.203. The van der Waals surface area contributed by atoms with Crippen LogP contribution in [0.1, 0.15) is 43.8 Å². The Hall–Kier alpha value is -1.01. The van der Waals surface area contributed by atoms with Crippen LogP contribution in [-0.2, 0) is 11.2 Å². The van der Waals surface area contributed by atoms with Crippen LogP contribution in [0.2, 0.25) is 0 Å². The summed E-state index contributed by atoms with van der Waals surface area (Å²) in [5.41, 5.74) is 1.05. The highest BCUT2D eigenvalue weighted by Gasteiger charge is 2.18. The summed E-state index contributed by atoms with van der Waals surface area (Å²) in [4.78, 5) is 0. The summed E-state index contributed by atoms with van der Waals surface area (Å²) in [6.45, 7) is -0.133. The van der Waals surface area contributed by atoms with Gasteiger partial charge in [0.15, 0.2) is 0 Å². The molecule has 0 aromatic carbocycles. The monoisotopic (exact) mass is 301 g/mol. The Bertz CT molecular complexity index is 405. The fraction of sp³-hybridized carbons (Fsp3) is 0.800. The van der Waals surface area contributed by atoms with Crippen molar-refractivity contribution in [2.24, 2.45) is 0 Å². The Labute approximate surface area is 124 Å². The quantitative estimate of drug-likeness (QED) is 0.713. The van der Waals surface area contributed by atoms with Crippen LogP contribution in [0.3, 0.4) is 0 Å². The lowest BCUT2D eigenvalue weighted by Crippen LogP contribution is -2.29. The Kier molecular flexibility index (Phi) is 6.57. The van der Waals surface area contributed by atoms with E-state index < -0.39 is 13.0 Å². The summed E-state index contributed by atoms with van der Waals surface area (Å²) < 4.78 is 31.0. The van der Waals surface area contributed by atoms with Crippen LogP contribution in [-0.4, -0.2) is 42.5 Å². The zero-order valence-electron chi connectivity index (χ0n) is 12.6. The molecule has 1 aliphatic carbocycles. The van der Waals surface area contributed by atoms with Crippen molar-refractivity contribution in [3.8, 4) is 0 Å². The van der Waals surface area contributed by atoms with Crippen molar-refractivity contribution in [3.63, 3.8) is 0 Å². The summed E-state index contributed by atoms with van der Waals surface area (Å²) in [5, 5.41) is 7.85. The minimum atomic E-state index is -2.39. The molecule has 6 heteroatoms. The standard InChI is InChI=1S/C15H25F2N3O/c1-18-12(7-9-21-11-15(16)17)10-13-6-8-20(19-13)14-4-2-3-5-14/h6,8,12,14-15,18H,2-5,7,9-11H2,1H3. The number of hydrogen-bond donors (Lipinski definition) is 1. The zero-order chi connectivity index (χ0) is 15.1. The Balaban J connectivity index is 1.75. The molecule has 1 aliphatic rings.